The van der Waals surface area contributed by atoms with E-state index < -0.39 is 10.0 Å². The number of thiazole rings is 1. The molecule has 0 saturated carbocycles. The minimum absolute atomic E-state index is 0.181. The van der Waals surface area contributed by atoms with Gasteiger partial charge in [0.1, 0.15) is 4.99 Å². The first-order chi connectivity index (χ1) is 9.37. The number of hydrogen-bond acceptors (Lipinski definition) is 5. The van der Waals surface area contributed by atoms with E-state index in [4.69, 9.17) is 18.0 Å². The van der Waals surface area contributed by atoms with Crippen LogP contribution in [0.15, 0.2) is 29.6 Å². The molecule has 0 bridgehead atoms. The molecule has 0 radical (unpaired) electrons. The number of nitrogens with one attached hydrogen (secondary N) is 1. The maximum atomic E-state index is 12.1. The second kappa shape index (κ2) is 5.86. The third kappa shape index (κ3) is 3.75. The highest BCUT2D eigenvalue weighted by Gasteiger charge is 2.16. The van der Waals surface area contributed by atoms with Crippen LogP contribution in [0.25, 0.3) is 0 Å². The standard InChI is InChI=1S/C12H13N3O2S3/c1-8-6-19-12(14-8)15-20(16,17)7-9-4-2-3-5-10(9)11(13)18/h2-6H,7H2,1H3,(H2,13,18)(H,14,15). The highest BCUT2D eigenvalue weighted by atomic mass is 32.2. The summed E-state index contributed by atoms with van der Waals surface area (Å²) in [6.45, 7) is 1.80. The lowest BCUT2D eigenvalue weighted by Crippen LogP contribution is -2.18. The van der Waals surface area contributed by atoms with Gasteiger partial charge >= 0.3 is 0 Å². The van der Waals surface area contributed by atoms with E-state index in [0.29, 0.717) is 16.3 Å². The topological polar surface area (TPSA) is 85.1 Å². The molecule has 3 N–H and O–H groups in total. The van der Waals surface area contributed by atoms with E-state index in [1.165, 1.54) is 11.3 Å². The Hall–Kier alpha value is -1.51. The van der Waals surface area contributed by atoms with Crippen molar-refractivity contribution in [3.8, 4) is 0 Å². The van der Waals surface area contributed by atoms with Gasteiger partial charge in [0.15, 0.2) is 5.13 Å². The van der Waals surface area contributed by atoms with Gasteiger partial charge in [-0.15, -0.1) is 11.3 Å². The van der Waals surface area contributed by atoms with Gasteiger partial charge in [0, 0.05) is 10.9 Å². The Kier molecular flexibility index (Phi) is 4.36. The molecule has 106 valence electrons. The number of aryl methyl sites for hydroxylation is 1. The predicted octanol–water partition coefficient (Wildman–Crippen LogP) is 2.03. The molecule has 20 heavy (non-hydrogen) atoms. The van der Waals surface area contributed by atoms with Gasteiger partial charge < -0.3 is 5.73 Å². The number of sulfonamides is 1. The van der Waals surface area contributed by atoms with Crippen molar-refractivity contribution in [3.05, 3.63) is 46.5 Å². The van der Waals surface area contributed by atoms with Crippen molar-refractivity contribution in [1.29, 1.82) is 0 Å². The van der Waals surface area contributed by atoms with Gasteiger partial charge in [0.05, 0.1) is 11.4 Å². The summed E-state index contributed by atoms with van der Waals surface area (Å²) in [5, 5.41) is 2.14. The Morgan fingerprint density at radius 1 is 1.45 bits per heavy atom. The van der Waals surface area contributed by atoms with Gasteiger partial charge in [-0.05, 0) is 12.5 Å². The second-order valence-electron chi connectivity index (χ2n) is 4.18. The zero-order valence-corrected chi connectivity index (χ0v) is 13.1. The van der Waals surface area contributed by atoms with Crippen molar-refractivity contribution in [2.24, 2.45) is 5.73 Å². The van der Waals surface area contributed by atoms with E-state index in [1.807, 2.05) is 0 Å². The smallest absolute Gasteiger partial charge is 0.238 e. The summed E-state index contributed by atoms with van der Waals surface area (Å²) < 4.78 is 26.7. The van der Waals surface area contributed by atoms with Crippen molar-refractivity contribution >= 4 is 43.7 Å². The van der Waals surface area contributed by atoms with Crippen LogP contribution < -0.4 is 10.5 Å². The maximum Gasteiger partial charge on any atom is 0.238 e. The highest BCUT2D eigenvalue weighted by molar-refractivity contribution is 7.92. The molecular formula is C12H13N3O2S3. The minimum Gasteiger partial charge on any atom is -0.389 e. The number of thiocarbonyl (C=S) groups is 1. The number of aromatic nitrogens is 1. The molecule has 0 amide bonds. The quantitative estimate of drug-likeness (QED) is 0.821. The Balaban J connectivity index is 2.22. The molecular weight excluding hydrogens is 314 g/mol. The zero-order chi connectivity index (χ0) is 14.8. The van der Waals surface area contributed by atoms with Crippen LogP contribution in [0.1, 0.15) is 16.8 Å². The molecule has 0 fully saturated rings. The van der Waals surface area contributed by atoms with Crippen LogP contribution in [-0.2, 0) is 15.8 Å². The van der Waals surface area contributed by atoms with Crippen molar-refractivity contribution in [2.45, 2.75) is 12.7 Å². The molecule has 0 spiro atoms. The Morgan fingerprint density at radius 2 is 2.15 bits per heavy atom. The number of benzene rings is 1. The van der Waals surface area contributed by atoms with Crippen LogP contribution in [0.2, 0.25) is 0 Å². The third-order valence-electron chi connectivity index (χ3n) is 2.49. The number of rotatable bonds is 5. The van der Waals surface area contributed by atoms with Gasteiger partial charge in [0.25, 0.3) is 0 Å². The normalized spacial score (nSPS) is 11.2. The van der Waals surface area contributed by atoms with Crippen molar-refractivity contribution in [3.63, 3.8) is 0 Å². The fourth-order valence-corrected chi connectivity index (χ4v) is 4.01. The van der Waals surface area contributed by atoms with E-state index >= 15 is 0 Å². The van der Waals surface area contributed by atoms with E-state index in [2.05, 4.69) is 9.71 Å². The number of nitrogens with two attached hydrogens (primary N) is 1. The van der Waals surface area contributed by atoms with Gasteiger partial charge in [-0.1, -0.05) is 36.5 Å². The van der Waals surface area contributed by atoms with Crippen LogP contribution in [0, 0.1) is 6.92 Å². The van der Waals surface area contributed by atoms with Crippen molar-refractivity contribution in [2.75, 3.05) is 4.72 Å². The molecule has 1 aromatic heterocycles. The van der Waals surface area contributed by atoms with Gasteiger partial charge in [-0.25, -0.2) is 13.4 Å². The van der Waals surface area contributed by atoms with Crippen LogP contribution in [0.3, 0.4) is 0 Å². The summed E-state index contributed by atoms with van der Waals surface area (Å²) in [4.78, 5) is 4.25. The van der Waals surface area contributed by atoms with Gasteiger partial charge in [-0.3, -0.25) is 4.72 Å². The molecule has 0 saturated heterocycles. The molecule has 0 atom stereocenters. The molecule has 5 nitrogen and oxygen atoms in total. The summed E-state index contributed by atoms with van der Waals surface area (Å²) in [6, 6.07) is 6.92. The molecule has 0 unspecified atom stereocenters. The zero-order valence-electron chi connectivity index (χ0n) is 10.7. The van der Waals surface area contributed by atoms with E-state index in [-0.39, 0.29) is 10.7 Å². The van der Waals surface area contributed by atoms with Crippen LogP contribution in [0.4, 0.5) is 5.13 Å². The molecule has 2 rings (SSSR count). The molecule has 1 aromatic carbocycles. The van der Waals surface area contributed by atoms with Crippen molar-refractivity contribution in [1.82, 2.24) is 4.98 Å². The predicted molar refractivity (Wildman–Crippen MR) is 85.4 cm³/mol. The lowest BCUT2D eigenvalue weighted by molar-refractivity contribution is 0.600. The average molecular weight is 327 g/mol. The van der Waals surface area contributed by atoms with Gasteiger partial charge in [-0.2, -0.15) is 0 Å². The SMILES string of the molecule is Cc1csc(NS(=O)(=O)Cc2ccccc2C(N)=S)n1. The molecule has 2 aromatic rings. The first kappa shape index (κ1) is 14.9. The summed E-state index contributed by atoms with van der Waals surface area (Å²) in [5.74, 6) is -0.195. The first-order valence-corrected chi connectivity index (χ1v) is 8.62. The Bertz CT molecular complexity index is 738. The maximum absolute atomic E-state index is 12.1. The molecule has 0 aliphatic heterocycles. The second-order valence-corrected chi connectivity index (χ2v) is 7.20. The number of anilines is 1. The van der Waals surface area contributed by atoms with E-state index in [1.54, 1.807) is 36.6 Å². The summed E-state index contributed by atoms with van der Waals surface area (Å²) in [6.07, 6.45) is 0. The lowest BCUT2D eigenvalue weighted by atomic mass is 10.1. The largest absolute Gasteiger partial charge is 0.389 e. The monoisotopic (exact) mass is 327 g/mol. The number of hydrogen-bond donors (Lipinski definition) is 2. The first-order valence-electron chi connectivity index (χ1n) is 5.68. The van der Waals surface area contributed by atoms with Crippen LogP contribution in [0.5, 0.6) is 0 Å². The summed E-state index contributed by atoms with van der Waals surface area (Å²) in [5.41, 5.74) is 7.51. The van der Waals surface area contributed by atoms with E-state index in [0.717, 1.165) is 5.69 Å². The molecule has 1 heterocycles. The molecule has 0 aliphatic carbocycles. The molecule has 0 aliphatic rings. The third-order valence-corrected chi connectivity index (χ3v) is 4.91. The number of nitrogens with zero attached hydrogens (tertiary/aromatic N) is 1. The minimum atomic E-state index is -3.55. The van der Waals surface area contributed by atoms with Crippen LogP contribution in [-0.4, -0.2) is 18.4 Å². The Morgan fingerprint density at radius 3 is 2.75 bits per heavy atom. The Labute approximate surface area is 126 Å². The summed E-state index contributed by atoms with van der Waals surface area (Å²) in [7, 11) is -3.55. The fourth-order valence-electron chi connectivity index (χ4n) is 1.66. The van der Waals surface area contributed by atoms with Crippen LogP contribution >= 0.6 is 23.6 Å². The van der Waals surface area contributed by atoms with Crippen molar-refractivity contribution < 1.29 is 8.42 Å². The van der Waals surface area contributed by atoms with E-state index in [9.17, 15) is 8.42 Å². The highest BCUT2D eigenvalue weighted by Crippen LogP contribution is 2.19. The summed E-state index contributed by atoms with van der Waals surface area (Å²) >= 11 is 6.17. The lowest BCUT2D eigenvalue weighted by Gasteiger charge is -2.09. The fraction of sp³-hybridized carbons (Fsp3) is 0.167. The molecule has 8 heteroatoms. The average Bonchev–Trinajstić information content (AvgIpc) is 2.73. The van der Waals surface area contributed by atoms with Gasteiger partial charge in [0.2, 0.25) is 10.0 Å².